The van der Waals surface area contributed by atoms with Gasteiger partial charge in [-0.1, -0.05) is 36.4 Å². The maximum Gasteiger partial charge on any atom is 0.411 e. The van der Waals surface area contributed by atoms with Crippen LogP contribution in [0.3, 0.4) is 0 Å². The number of halogens is 3. The normalized spacial score (nSPS) is 19.3. The third-order valence-corrected chi connectivity index (χ3v) is 6.13. The van der Waals surface area contributed by atoms with Crippen molar-refractivity contribution in [3.8, 4) is 11.1 Å². The Bertz CT molecular complexity index is 1120. The number of ether oxygens (including phenoxy) is 1. The number of carbonyl (C=O) groups is 1. The molecule has 0 aliphatic carbocycles. The van der Waals surface area contributed by atoms with Gasteiger partial charge in [0.2, 0.25) is 0 Å². The molecule has 0 saturated carbocycles. The van der Waals surface area contributed by atoms with Gasteiger partial charge in [-0.3, -0.25) is 4.90 Å². The first-order valence-corrected chi connectivity index (χ1v) is 10.9. The van der Waals surface area contributed by atoms with Crippen LogP contribution in [0.25, 0.3) is 11.1 Å². The lowest BCUT2D eigenvalue weighted by Gasteiger charge is -2.42. The fourth-order valence-electron chi connectivity index (χ4n) is 4.37. The average Bonchev–Trinajstić information content (AvgIpc) is 2.79. The molecule has 33 heavy (non-hydrogen) atoms. The van der Waals surface area contributed by atoms with Crippen molar-refractivity contribution in [1.29, 1.82) is 0 Å². The highest BCUT2D eigenvalue weighted by Crippen LogP contribution is 2.37. The number of hydrogen-bond donors (Lipinski definition) is 1. The quantitative estimate of drug-likeness (QED) is 0.487. The number of benzene rings is 3. The topological polar surface area (TPSA) is 55.6 Å². The van der Waals surface area contributed by atoms with Gasteiger partial charge in [-0.05, 0) is 60.8 Å². The van der Waals surface area contributed by atoms with Gasteiger partial charge in [0.1, 0.15) is 23.6 Å². The van der Waals surface area contributed by atoms with Crippen LogP contribution in [0.2, 0.25) is 0 Å². The highest BCUT2D eigenvalue weighted by Gasteiger charge is 2.38. The summed E-state index contributed by atoms with van der Waals surface area (Å²) < 4.78 is 46.3. The standard InChI is InChI=1S/C26H25F3N2O2/c1-16(17-2-4-18(5-3-17)23-11-10-21(28)14-24(23)29)31-22(12-13-30)15-25(33-26(31)32)19-6-8-20(27)9-7-19/h2-11,14,16,22,25H,12-13,15,30H2,1H3/t16-,22+,25-/m0/s1. The molecular weight excluding hydrogens is 429 g/mol. The van der Waals surface area contributed by atoms with Crippen molar-refractivity contribution < 1.29 is 22.7 Å². The zero-order valence-electron chi connectivity index (χ0n) is 18.2. The van der Waals surface area contributed by atoms with Gasteiger partial charge in [0.25, 0.3) is 0 Å². The minimum Gasteiger partial charge on any atom is -0.441 e. The molecule has 1 aliphatic heterocycles. The van der Waals surface area contributed by atoms with Gasteiger partial charge in [0.05, 0.1) is 6.04 Å². The summed E-state index contributed by atoms with van der Waals surface area (Å²) in [6, 6.07) is 16.1. The first kappa shape index (κ1) is 22.9. The summed E-state index contributed by atoms with van der Waals surface area (Å²) in [6.45, 7) is 2.30. The zero-order valence-corrected chi connectivity index (χ0v) is 18.2. The van der Waals surface area contributed by atoms with Crippen molar-refractivity contribution in [3.63, 3.8) is 0 Å². The molecule has 3 atom stereocenters. The zero-order chi connectivity index (χ0) is 23.5. The number of carbonyl (C=O) groups excluding carboxylic acids is 1. The van der Waals surface area contributed by atoms with Crippen molar-refractivity contribution in [3.05, 3.63) is 95.3 Å². The van der Waals surface area contributed by atoms with E-state index in [1.807, 2.05) is 19.1 Å². The molecule has 1 fully saturated rings. The summed E-state index contributed by atoms with van der Waals surface area (Å²) in [6.07, 6.45) is 0.200. The third kappa shape index (κ3) is 4.88. The predicted octanol–water partition coefficient (Wildman–Crippen LogP) is 6.13. The van der Waals surface area contributed by atoms with E-state index in [0.29, 0.717) is 30.5 Å². The molecule has 1 heterocycles. The third-order valence-electron chi connectivity index (χ3n) is 6.13. The van der Waals surface area contributed by atoms with E-state index in [2.05, 4.69) is 0 Å². The van der Waals surface area contributed by atoms with Gasteiger partial charge < -0.3 is 10.5 Å². The molecule has 0 unspecified atom stereocenters. The Kier molecular flexibility index (Phi) is 6.70. The maximum atomic E-state index is 14.1. The molecule has 1 aliphatic rings. The Balaban J connectivity index is 1.55. The Hall–Kier alpha value is -3.32. The number of hydrogen-bond acceptors (Lipinski definition) is 3. The highest BCUT2D eigenvalue weighted by atomic mass is 19.1. The summed E-state index contributed by atoms with van der Waals surface area (Å²) in [4.78, 5) is 14.7. The van der Waals surface area contributed by atoms with Gasteiger partial charge in [0.15, 0.2) is 0 Å². The monoisotopic (exact) mass is 454 g/mol. The fraction of sp³-hybridized carbons (Fsp3) is 0.269. The molecule has 0 bridgehead atoms. The lowest BCUT2D eigenvalue weighted by molar-refractivity contribution is -0.0179. The van der Waals surface area contributed by atoms with Crippen LogP contribution < -0.4 is 5.73 Å². The van der Waals surface area contributed by atoms with E-state index in [1.54, 1.807) is 29.2 Å². The van der Waals surface area contributed by atoms with Gasteiger partial charge in [-0.25, -0.2) is 18.0 Å². The Morgan fingerprint density at radius 1 is 1.00 bits per heavy atom. The minimum absolute atomic E-state index is 0.157. The van der Waals surface area contributed by atoms with E-state index in [0.717, 1.165) is 17.2 Å². The van der Waals surface area contributed by atoms with Crippen LogP contribution in [-0.2, 0) is 4.74 Å². The van der Waals surface area contributed by atoms with Crippen molar-refractivity contribution in [2.75, 3.05) is 6.54 Å². The Morgan fingerprint density at radius 3 is 2.30 bits per heavy atom. The summed E-state index contributed by atoms with van der Waals surface area (Å²) in [7, 11) is 0. The fourth-order valence-corrected chi connectivity index (χ4v) is 4.37. The predicted molar refractivity (Wildman–Crippen MR) is 120 cm³/mol. The SMILES string of the molecule is C[C@@H](c1ccc(-c2ccc(F)cc2F)cc1)N1C(=O)O[C@H](c2ccc(F)cc2)C[C@H]1CCN. The molecule has 0 spiro atoms. The molecule has 1 saturated heterocycles. The van der Waals surface area contributed by atoms with E-state index in [4.69, 9.17) is 10.5 Å². The van der Waals surface area contributed by atoms with Gasteiger partial charge in [0, 0.05) is 24.1 Å². The van der Waals surface area contributed by atoms with E-state index in [-0.39, 0.29) is 17.9 Å². The summed E-state index contributed by atoms with van der Waals surface area (Å²) in [5, 5.41) is 0. The second-order valence-electron chi connectivity index (χ2n) is 8.22. The van der Waals surface area contributed by atoms with Crippen molar-refractivity contribution in [2.24, 2.45) is 5.73 Å². The minimum atomic E-state index is -0.634. The Morgan fingerprint density at radius 2 is 1.67 bits per heavy atom. The van der Waals surface area contributed by atoms with Crippen LogP contribution in [0.5, 0.6) is 0 Å². The van der Waals surface area contributed by atoms with Crippen LogP contribution in [0, 0.1) is 17.5 Å². The smallest absolute Gasteiger partial charge is 0.411 e. The van der Waals surface area contributed by atoms with Gasteiger partial charge >= 0.3 is 6.09 Å². The number of nitrogens with zero attached hydrogens (tertiary/aromatic N) is 1. The molecule has 2 N–H and O–H groups in total. The molecule has 0 radical (unpaired) electrons. The number of rotatable bonds is 6. The molecule has 4 nitrogen and oxygen atoms in total. The second-order valence-corrected chi connectivity index (χ2v) is 8.22. The van der Waals surface area contributed by atoms with Gasteiger partial charge in [-0.2, -0.15) is 0 Å². The largest absolute Gasteiger partial charge is 0.441 e. The van der Waals surface area contributed by atoms with Crippen molar-refractivity contribution in [1.82, 2.24) is 4.90 Å². The van der Waals surface area contributed by atoms with Crippen LogP contribution in [-0.4, -0.2) is 23.6 Å². The van der Waals surface area contributed by atoms with Crippen LogP contribution >= 0.6 is 0 Å². The van der Waals surface area contributed by atoms with Crippen LogP contribution in [0.4, 0.5) is 18.0 Å². The number of nitrogens with two attached hydrogens (primary N) is 1. The molecule has 7 heteroatoms. The lowest BCUT2D eigenvalue weighted by Crippen LogP contribution is -2.48. The van der Waals surface area contributed by atoms with E-state index >= 15 is 0 Å². The molecule has 4 rings (SSSR count). The first-order chi connectivity index (χ1) is 15.9. The summed E-state index contributed by atoms with van der Waals surface area (Å²) in [5.74, 6) is -1.61. The highest BCUT2D eigenvalue weighted by molar-refractivity contribution is 5.70. The molecule has 1 amide bonds. The number of amides is 1. The van der Waals surface area contributed by atoms with E-state index in [1.165, 1.54) is 24.3 Å². The van der Waals surface area contributed by atoms with Crippen LogP contribution in [0.15, 0.2) is 66.7 Å². The average molecular weight is 454 g/mol. The summed E-state index contributed by atoms with van der Waals surface area (Å²) >= 11 is 0. The molecule has 172 valence electrons. The Labute approximate surface area is 190 Å². The van der Waals surface area contributed by atoms with Crippen molar-refractivity contribution >= 4 is 6.09 Å². The van der Waals surface area contributed by atoms with Crippen molar-refractivity contribution in [2.45, 2.75) is 38.0 Å². The molecule has 0 aromatic heterocycles. The summed E-state index contributed by atoms with van der Waals surface area (Å²) in [5.41, 5.74) is 8.33. The molecule has 3 aromatic carbocycles. The molecule has 3 aromatic rings. The van der Waals surface area contributed by atoms with E-state index in [9.17, 15) is 18.0 Å². The van der Waals surface area contributed by atoms with Gasteiger partial charge in [-0.15, -0.1) is 0 Å². The maximum absolute atomic E-state index is 14.1. The van der Waals surface area contributed by atoms with E-state index < -0.39 is 23.8 Å². The lowest BCUT2D eigenvalue weighted by atomic mass is 9.94. The number of cyclic esters (lactones) is 1. The first-order valence-electron chi connectivity index (χ1n) is 10.9. The van der Waals surface area contributed by atoms with Crippen LogP contribution in [0.1, 0.15) is 43.0 Å². The second kappa shape index (κ2) is 9.67. The molecular formula is C26H25F3N2O2.